The Bertz CT molecular complexity index is 494. The van der Waals surface area contributed by atoms with Crippen LogP contribution >= 0.6 is 11.6 Å². The van der Waals surface area contributed by atoms with Crippen LogP contribution in [0.25, 0.3) is 0 Å². The molecular weight excluding hydrogens is 308 g/mol. The van der Waals surface area contributed by atoms with Gasteiger partial charge in [-0.25, -0.2) is 0 Å². The van der Waals surface area contributed by atoms with Gasteiger partial charge in [0.1, 0.15) is 0 Å². The summed E-state index contributed by atoms with van der Waals surface area (Å²) < 4.78 is 0. The molecule has 4 heteroatoms. The predicted molar refractivity (Wildman–Crippen MR) is 98.7 cm³/mol. The zero-order valence-electron chi connectivity index (χ0n) is 14.1. The Morgan fingerprint density at radius 2 is 2.26 bits per heavy atom. The molecule has 1 aromatic carbocycles. The number of aliphatic hydroxyl groups is 1. The van der Waals surface area contributed by atoms with Crippen molar-refractivity contribution in [1.29, 1.82) is 0 Å². The van der Waals surface area contributed by atoms with Crippen molar-refractivity contribution in [1.82, 2.24) is 4.90 Å². The maximum Gasteiger partial charge on any atom is 0.0631 e. The summed E-state index contributed by atoms with van der Waals surface area (Å²) in [6.45, 7) is 8.69. The molecule has 0 aliphatic carbocycles. The molecule has 3 nitrogen and oxygen atoms in total. The van der Waals surface area contributed by atoms with Gasteiger partial charge in [-0.3, -0.25) is 4.99 Å². The first-order chi connectivity index (χ1) is 11.1. The molecule has 1 N–H and O–H groups in total. The Kier molecular flexibility index (Phi) is 7.54. The molecule has 1 unspecified atom stereocenters. The highest BCUT2D eigenvalue weighted by molar-refractivity contribution is 6.30. The van der Waals surface area contributed by atoms with Crippen molar-refractivity contribution in [2.24, 2.45) is 4.99 Å². The average molecular weight is 337 g/mol. The van der Waals surface area contributed by atoms with Gasteiger partial charge in [0.2, 0.25) is 0 Å². The van der Waals surface area contributed by atoms with E-state index in [2.05, 4.69) is 29.6 Å². The van der Waals surface area contributed by atoms with Crippen molar-refractivity contribution < 1.29 is 5.11 Å². The number of aliphatic imine (C=N–C) groups is 1. The van der Waals surface area contributed by atoms with Crippen LogP contribution in [0.2, 0.25) is 5.02 Å². The largest absolute Gasteiger partial charge is 0.392 e. The number of benzene rings is 1. The van der Waals surface area contributed by atoms with Crippen LogP contribution in [0, 0.1) is 0 Å². The van der Waals surface area contributed by atoms with Gasteiger partial charge in [0.15, 0.2) is 0 Å². The number of halogens is 1. The predicted octanol–water partition coefficient (Wildman–Crippen LogP) is 4.14. The summed E-state index contributed by atoms with van der Waals surface area (Å²) in [6.07, 6.45) is 5.01. The molecule has 1 aromatic rings. The molecule has 0 aromatic heterocycles. The lowest BCUT2D eigenvalue weighted by atomic mass is 9.89. The van der Waals surface area contributed by atoms with Gasteiger partial charge in [-0.2, -0.15) is 0 Å². The SMILES string of the molecule is C=N[C@H]1CCN(C[C@H](c2cccc(Cl)c2)C(O)CCCCC)C1. The summed E-state index contributed by atoms with van der Waals surface area (Å²) in [5, 5.41) is 11.5. The Labute approximate surface area is 145 Å². The summed E-state index contributed by atoms with van der Waals surface area (Å²) in [4.78, 5) is 6.56. The summed E-state index contributed by atoms with van der Waals surface area (Å²) in [5.74, 6) is 0.106. The number of hydrogen-bond donors (Lipinski definition) is 1. The minimum Gasteiger partial charge on any atom is -0.392 e. The molecule has 1 heterocycles. The molecule has 0 bridgehead atoms. The first-order valence-corrected chi connectivity index (χ1v) is 9.13. The van der Waals surface area contributed by atoms with Gasteiger partial charge in [0.25, 0.3) is 0 Å². The molecule has 128 valence electrons. The van der Waals surface area contributed by atoms with E-state index in [0.717, 1.165) is 49.5 Å². The summed E-state index contributed by atoms with van der Waals surface area (Å²) in [5.41, 5.74) is 1.14. The minimum atomic E-state index is -0.323. The van der Waals surface area contributed by atoms with Crippen molar-refractivity contribution in [3.8, 4) is 0 Å². The van der Waals surface area contributed by atoms with Crippen molar-refractivity contribution in [3.63, 3.8) is 0 Å². The normalized spacial score (nSPS) is 21.3. The van der Waals surface area contributed by atoms with Crippen LogP contribution in [-0.2, 0) is 0 Å². The highest BCUT2D eigenvalue weighted by Gasteiger charge is 2.28. The second-order valence-electron chi connectivity index (χ2n) is 6.61. The average Bonchev–Trinajstić information content (AvgIpc) is 3.00. The zero-order chi connectivity index (χ0) is 16.7. The second-order valence-corrected chi connectivity index (χ2v) is 7.05. The van der Waals surface area contributed by atoms with Gasteiger partial charge in [-0.1, -0.05) is 49.9 Å². The van der Waals surface area contributed by atoms with Gasteiger partial charge in [0.05, 0.1) is 12.1 Å². The smallest absolute Gasteiger partial charge is 0.0631 e. The molecule has 23 heavy (non-hydrogen) atoms. The van der Waals surface area contributed by atoms with E-state index in [0.29, 0.717) is 6.04 Å². The van der Waals surface area contributed by atoms with Crippen molar-refractivity contribution in [2.75, 3.05) is 19.6 Å². The lowest BCUT2D eigenvalue weighted by Gasteiger charge is -2.28. The summed E-state index contributed by atoms with van der Waals surface area (Å²) >= 11 is 6.16. The topological polar surface area (TPSA) is 35.8 Å². The van der Waals surface area contributed by atoms with Gasteiger partial charge in [-0.15, -0.1) is 0 Å². The van der Waals surface area contributed by atoms with E-state index in [-0.39, 0.29) is 12.0 Å². The Balaban J connectivity index is 2.06. The van der Waals surface area contributed by atoms with Crippen LogP contribution in [0.15, 0.2) is 29.3 Å². The number of likely N-dealkylation sites (tertiary alicyclic amines) is 1. The monoisotopic (exact) mass is 336 g/mol. The van der Waals surface area contributed by atoms with E-state index in [1.165, 1.54) is 12.8 Å². The highest BCUT2D eigenvalue weighted by Crippen LogP contribution is 2.28. The van der Waals surface area contributed by atoms with E-state index in [9.17, 15) is 5.11 Å². The maximum atomic E-state index is 10.8. The third kappa shape index (κ3) is 5.59. The molecule has 3 atom stereocenters. The van der Waals surface area contributed by atoms with Crippen LogP contribution in [0.3, 0.4) is 0 Å². The molecule has 1 saturated heterocycles. The fraction of sp³-hybridized carbons (Fsp3) is 0.632. The lowest BCUT2D eigenvalue weighted by Crippen LogP contribution is -2.33. The minimum absolute atomic E-state index is 0.106. The first-order valence-electron chi connectivity index (χ1n) is 8.75. The number of nitrogens with zero attached hydrogens (tertiary/aromatic N) is 2. The van der Waals surface area contributed by atoms with Crippen LogP contribution in [0.1, 0.15) is 50.5 Å². The molecule has 0 radical (unpaired) electrons. The van der Waals surface area contributed by atoms with Crippen LogP contribution in [0.4, 0.5) is 0 Å². The van der Waals surface area contributed by atoms with E-state index in [1.54, 1.807) is 0 Å². The number of hydrogen-bond acceptors (Lipinski definition) is 3. The van der Waals surface area contributed by atoms with E-state index < -0.39 is 0 Å². The highest BCUT2D eigenvalue weighted by atomic mass is 35.5. The van der Waals surface area contributed by atoms with E-state index in [1.807, 2.05) is 18.2 Å². The molecule has 0 spiro atoms. The first kappa shape index (κ1) is 18.4. The number of aliphatic hydroxyl groups excluding tert-OH is 1. The molecule has 1 fully saturated rings. The van der Waals surface area contributed by atoms with Crippen LogP contribution in [-0.4, -0.2) is 48.5 Å². The van der Waals surface area contributed by atoms with Gasteiger partial charge in [0, 0.05) is 30.6 Å². The lowest BCUT2D eigenvalue weighted by molar-refractivity contribution is 0.111. The molecular formula is C19H29ClN2O. The Hall–Kier alpha value is -0.900. The number of unbranched alkanes of at least 4 members (excludes halogenated alkanes) is 2. The summed E-state index contributed by atoms with van der Waals surface area (Å²) in [7, 11) is 0. The summed E-state index contributed by atoms with van der Waals surface area (Å²) in [6, 6.07) is 8.28. The van der Waals surface area contributed by atoms with Gasteiger partial charge >= 0.3 is 0 Å². The van der Waals surface area contributed by atoms with Crippen LogP contribution < -0.4 is 0 Å². The van der Waals surface area contributed by atoms with Gasteiger partial charge < -0.3 is 10.0 Å². The molecule has 2 rings (SSSR count). The maximum absolute atomic E-state index is 10.8. The third-order valence-corrected chi connectivity index (χ3v) is 5.04. The Morgan fingerprint density at radius 1 is 1.43 bits per heavy atom. The fourth-order valence-electron chi connectivity index (χ4n) is 3.40. The Morgan fingerprint density at radius 3 is 2.91 bits per heavy atom. The fourth-order valence-corrected chi connectivity index (χ4v) is 3.60. The standard InChI is InChI=1S/C19H29ClN2O/c1-3-4-5-9-19(23)18(15-7-6-8-16(20)12-15)14-22-11-10-17(13-22)21-2/h6-8,12,17-19,23H,2-5,9-11,13-14H2,1H3/t17-,18+,19?/m0/s1. The van der Waals surface area contributed by atoms with E-state index >= 15 is 0 Å². The second kappa shape index (κ2) is 9.41. The molecule has 1 aliphatic rings. The molecule has 1 aliphatic heterocycles. The van der Waals surface area contributed by atoms with Gasteiger partial charge in [-0.05, 0) is 37.3 Å². The zero-order valence-corrected chi connectivity index (χ0v) is 14.9. The van der Waals surface area contributed by atoms with Crippen molar-refractivity contribution in [3.05, 3.63) is 34.9 Å². The molecule has 0 saturated carbocycles. The number of rotatable bonds is 9. The third-order valence-electron chi connectivity index (χ3n) is 4.81. The van der Waals surface area contributed by atoms with E-state index in [4.69, 9.17) is 11.6 Å². The van der Waals surface area contributed by atoms with Crippen molar-refractivity contribution >= 4 is 18.3 Å². The quantitative estimate of drug-likeness (QED) is 0.543. The molecule has 0 amide bonds. The van der Waals surface area contributed by atoms with Crippen molar-refractivity contribution in [2.45, 2.75) is 57.1 Å². The van der Waals surface area contributed by atoms with Crippen LogP contribution in [0.5, 0.6) is 0 Å².